The topological polar surface area (TPSA) is 54.9 Å². The molecule has 1 aliphatic carbocycles. The third-order valence-corrected chi connectivity index (χ3v) is 6.24. The lowest BCUT2D eigenvalue weighted by Crippen LogP contribution is -2.26. The van der Waals surface area contributed by atoms with Crippen LogP contribution in [0.15, 0.2) is 10.9 Å². The van der Waals surface area contributed by atoms with Gasteiger partial charge in [0.15, 0.2) is 0 Å². The third-order valence-electron chi connectivity index (χ3n) is 4.49. The van der Waals surface area contributed by atoms with E-state index in [9.17, 15) is 4.79 Å². The third kappa shape index (κ3) is 4.03. The summed E-state index contributed by atoms with van der Waals surface area (Å²) in [6.45, 7) is 7.13. The first-order valence-corrected chi connectivity index (χ1v) is 10.4. The number of carbonyl (C=O) groups is 1. The fourth-order valence-corrected chi connectivity index (χ4v) is 4.86. The van der Waals surface area contributed by atoms with Gasteiger partial charge in [-0.05, 0) is 12.8 Å². The minimum Gasteiger partial charge on any atom is -0.351 e. The highest BCUT2D eigenvalue weighted by Gasteiger charge is 2.25. The second-order valence-electron chi connectivity index (χ2n) is 7.43. The second-order valence-corrected chi connectivity index (χ2v) is 9.23. The van der Waals surface area contributed by atoms with Crippen LogP contribution < -0.4 is 5.32 Å². The first kappa shape index (κ1) is 17.5. The Kier molecular flexibility index (Phi) is 5.35. The molecule has 0 radical (unpaired) electrons. The van der Waals surface area contributed by atoms with E-state index in [1.807, 2.05) is 0 Å². The van der Waals surface area contributed by atoms with Gasteiger partial charge in [-0.3, -0.25) is 4.79 Å². The van der Waals surface area contributed by atoms with Crippen molar-refractivity contribution in [3.05, 3.63) is 32.2 Å². The first-order chi connectivity index (χ1) is 11.4. The number of nitrogens with zero attached hydrogens (tertiary/aromatic N) is 2. The van der Waals surface area contributed by atoms with Crippen molar-refractivity contribution in [2.24, 2.45) is 0 Å². The van der Waals surface area contributed by atoms with Crippen LogP contribution in [0.3, 0.4) is 0 Å². The maximum atomic E-state index is 12.5. The summed E-state index contributed by atoms with van der Waals surface area (Å²) in [4.78, 5) is 22.4. The Hall–Kier alpha value is -1.27. The van der Waals surface area contributed by atoms with Crippen LogP contribution in [-0.2, 0) is 11.8 Å². The van der Waals surface area contributed by atoms with Crippen LogP contribution in [0.25, 0.3) is 0 Å². The van der Waals surface area contributed by atoms with Gasteiger partial charge >= 0.3 is 0 Å². The van der Waals surface area contributed by atoms with Gasteiger partial charge in [-0.1, -0.05) is 33.6 Å². The molecule has 3 rings (SSSR count). The van der Waals surface area contributed by atoms with Crippen LogP contribution in [0.1, 0.15) is 78.4 Å². The number of aromatic nitrogens is 2. The summed E-state index contributed by atoms with van der Waals surface area (Å²) in [6, 6.07) is 0. The lowest BCUT2D eigenvalue weighted by molar-refractivity contribution is 0.0956. The van der Waals surface area contributed by atoms with E-state index in [4.69, 9.17) is 0 Å². The Morgan fingerprint density at radius 1 is 1.29 bits per heavy atom. The van der Waals surface area contributed by atoms with Gasteiger partial charge in [0.1, 0.15) is 4.88 Å². The SMILES string of the molecule is CC(C)(C)c1csc(CCNC(=O)c2scnc2C2CCCC2)n1. The maximum Gasteiger partial charge on any atom is 0.263 e. The maximum absolute atomic E-state index is 12.5. The van der Waals surface area contributed by atoms with Crippen LogP contribution in [0, 0.1) is 0 Å². The van der Waals surface area contributed by atoms with Crippen LogP contribution in [-0.4, -0.2) is 22.4 Å². The fourth-order valence-electron chi connectivity index (χ4n) is 3.05. The number of amides is 1. The second kappa shape index (κ2) is 7.31. The minimum atomic E-state index is 0.0204. The summed E-state index contributed by atoms with van der Waals surface area (Å²) >= 11 is 3.14. The molecule has 0 aliphatic heterocycles. The van der Waals surface area contributed by atoms with Crippen molar-refractivity contribution >= 4 is 28.6 Å². The average molecular weight is 364 g/mol. The molecule has 130 valence electrons. The van der Waals surface area contributed by atoms with Gasteiger partial charge < -0.3 is 5.32 Å². The van der Waals surface area contributed by atoms with Gasteiger partial charge in [0.2, 0.25) is 0 Å². The summed E-state index contributed by atoms with van der Waals surface area (Å²) in [7, 11) is 0. The lowest BCUT2D eigenvalue weighted by atomic mass is 9.93. The molecule has 0 spiro atoms. The number of nitrogens with one attached hydrogen (secondary N) is 1. The fraction of sp³-hybridized carbons (Fsp3) is 0.611. The van der Waals surface area contributed by atoms with E-state index in [-0.39, 0.29) is 11.3 Å². The van der Waals surface area contributed by atoms with Crippen molar-refractivity contribution in [2.75, 3.05) is 6.54 Å². The number of hydrogen-bond donors (Lipinski definition) is 1. The zero-order valence-electron chi connectivity index (χ0n) is 14.6. The Morgan fingerprint density at radius 3 is 2.71 bits per heavy atom. The van der Waals surface area contributed by atoms with Gasteiger partial charge in [-0.2, -0.15) is 0 Å². The molecule has 0 atom stereocenters. The monoisotopic (exact) mass is 363 g/mol. The van der Waals surface area contributed by atoms with Crippen molar-refractivity contribution in [1.29, 1.82) is 0 Å². The Morgan fingerprint density at radius 2 is 2.04 bits per heavy atom. The van der Waals surface area contributed by atoms with Crippen molar-refractivity contribution in [2.45, 2.75) is 64.2 Å². The van der Waals surface area contributed by atoms with E-state index < -0.39 is 0 Å². The average Bonchev–Trinajstić information content (AvgIpc) is 3.26. The van der Waals surface area contributed by atoms with Crippen molar-refractivity contribution in [3.8, 4) is 0 Å². The highest BCUT2D eigenvalue weighted by atomic mass is 32.1. The molecule has 24 heavy (non-hydrogen) atoms. The largest absolute Gasteiger partial charge is 0.351 e. The van der Waals surface area contributed by atoms with E-state index in [0.717, 1.165) is 27.7 Å². The van der Waals surface area contributed by atoms with E-state index in [2.05, 4.69) is 41.4 Å². The number of carbonyl (C=O) groups excluding carboxylic acids is 1. The smallest absolute Gasteiger partial charge is 0.263 e. The summed E-state index contributed by atoms with van der Waals surface area (Å²) in [5.74, 6) is 0.498. The van der Waals surface area contributed by atoms with Crippen molar-refractivity contribution in [1.82, 2.24) is 15.3 Å². The molecule has 1 fully saturated rings. The molecule has 2 heterocycles. The molecule has 1 saturated carbocycles. The zero-order chi connectivity index (χ0) is 17.2. The minimum absolute atomic E-state index is 0.0204. The predicted molar refractivity (Wildman–Crippen MR) is 100 cm³/mol. The van der Waals surface area contributed by atoms with Crippen molar-refractivity contribution < 1.29 is 4.79 Å². The molecular formula is C18H25N3OS2. The molecule has 2 aromatic rings. The van der Waals surface area contributed by atoms with E-state index in [1.165, 1.54) is 37.0 Å². The molecule has 1 N–H and O–H groups in total. The summed E-state index contributed by atoms with van der Waals surface area (Å²) in [5.41, 5.74) is 4.02. The molecule has 0 unspecified atom stereocenters. The highest BCUT2D eigenvalue weighted by Crippen LogP contribution is 2.36. The molecule has 1 aliphatic rings. The van der Waals surface area contributed by atoms with Crippen molar-refractivity contribution in [3.63, 3.8) is 0 Å². The van der Waals surface area contributed by atoms with Gasteiger partial charge in [0, 0.05) is 29.7 Å². The highest BCUT2D eigenvalue weighted by molar-refractivity contribution is 7.12. The Labute approximate surface area is 151 Å². The molecule has 6 heteroatoms. The van der Waals surface area contributed by atoms with E-state index >= 15 is 0 Å². The summed E-state index contributed by atoms with van der Waals surface area (Å²) < 4.78 is 0. The normalized spacial score (nSPS) is 15.8. The Bertz CT molecular complexity index is 693. The molecule has 0 saturated heterocycles. The van der Waals surface area contributed by atoms with E-state index in [0.29, 0.717) is 12.5 Å². The Balaban J connectivity index is 1.55. The van der Waals surface area contributed by atoms with Gasteiger partial charge in [-0.25, -0.2) is 9.97 Å². The predicted octanol–water partition coefficient (Wildman–Crippen LogP) is 4.53. The summed E-state index contributed by atoms with van der Waals surface area (Å²) in [5, 5.41) is 6.25. The van der Waals surface area contributed by atoms with Crippen LogP contribution in [0.5, 0.6) is 0 Å². The lowest BCUT2D eigenvalue weighted by Gasteiger charge is -2.14. The number of thiazole rings is 2. The van der Waals surface area contributed by atoms with Gasteiger partial charge in [0.25, 0.3) is 5.91 Å². The molecule has 0 bridgehead atoms. The van der Waals surface area contributed by atoms with Crippen LogP contribution >= 0.6 is 22.7 Å². The first-order valence-electron chi connectivity index (χ1n) is 8.61. The molecule has 1 amide bonds. The number of hydrogen-bond acceptors (Lipinski definition) is 5. The van der Waals surface area contributed by atoms with E-state index in [1.54, 1.807) is 16.8 Å². The van der Waals surface area contributed by atoms with Gasteiger partial charge in [0.05, 0.1) is 21.9 Å². The summed E-state index contributed by atoms with van der Waals surface area (Å²) in [6.07, 6.45) is 5.62. The molecule has 2 aromatic heterocycles. The van der Waals surface area contributed by atoms with Crippen LogP contribution in [0.4, 0.5) is 0 Å². The van der Waals surface area contributed by atoms with Gasteiger partial charge in [-0.15, -0.1) is 22.7 Å². The number of rotatable bonds is 5. The zero-order valence-corrected chi connectivity index (χ0v) is 16.2. The molecular weight excluding hydrogens is 338 g/mol. The van der Waals surface area contributed by atoms with Crippen LogP contribution in [0.2, 0.25) is 0 Å². The molecule has 0 aromatic carbocycles. The standard InChI is InChI=1S/C18H25N3OS2/c1-18(2,3)13-10-23-14(21-13)8-9-19-17(22)16-15(20-11-24-16)12-6-4-5-7-12/h10-12H,4-9H2,1-3H3,(H,19,22). The quantitative estimate of drug-likeness (QED) is 0.849. The molecule has 4 nitrogen and oxygen atoms in total.